The van der Waals surface area contributed by atoms with Crippen LogP contribution in [0.15, 0.2) is 34.7 Å². The maximum absolute atomic E-state index is 12.1. The van der Waals surface area contributed by atoms with E-state index >= 15 is 0 Å². The Balaban J connectivity index is 2.31. The standard InChI is InChI=1S/C13H6O4/c14-6-7-5-10-11(15)8-3-1-2-4-9(8)12(16)13(10)17-7/h1-6H. The van der Waals surface area contributed by atoms with E-state index in [-0.39, 0.29) is 28.7 Å². The molecule has 0 atom stereocenters. The van der Waals surface area contributed by atoms with Crippen LogP contribution < -0.4 is 0 Å². The average Bonchev–Trinajstić information content (AvgIpc) is 2.80. The average molecular weight is 226 g/mol. The van der Waals surface area contributed by atoms with Crippen LogP contribution in [0.2, 0.25) is 0 Å². The molecule has 3 rings (SSSR count). The zero-order valence-corrected chi connectivity index (χ0v) is 8.60. The second-order valence-corrected chi connectivity index (χ2v) is 3.71. The number of furan rings is 1. The molecule has 0 saturated carbocycles. The molecule has 0 unspecified atom stereocenters. The largest absolute Gasteiger partial charge is 0.449 e. The van der Waals surface area contributed by atoms with Crippen LogP contribution >= 0.6 is 0 Å². The van der Waals surface area contributed by atoms with Crippen LogP contribution in [0.4, 0.5) is 0 Å². The Kier molecular flexibility index (Phi) is 1.86. The van der Waals surface area contributed by atoms with E-state index in [2.05, 4.69) is 0 Å². The Morgan fingerprint density at radius 3 is 2.24 bits per heavy atom. The van der Waals surface area contributed by atoms with Gasteiger partial charge in [-0.25, -0.2) is 0 Å². The predicted octanol–water partition coefficient (Wildman–Crippen LogP) is 1.87. The lowest BCUT2D eigenvalue weighted by Gasteiger charge is -2.11. The van der Waals surface area contributed by atoms with Crippen LogP contribution in [0, 0.1) is 0 Å². The molecule has 4 heteroatoms. The van der Waals surface area contributed by atoms with E-state index in [9.17, 15) is 14.4 Å². The van der Waals surface area contributed by atoms with Crippen molar-refractivity contribution in [2.75, 3.05) is 0 Å². The second-order valence-electron chi connectivity index (χ2n) is 3.71. The molecule has 0 radical (unpaired) electrons. The summed E-state index contributed by atoms with van der Waals surface area (Å²) in [5.41, 5.74) is 0.829. The fourth-order valence-corrected chi connectivity index (χ4v) is 1.95. The van der Waals surface area contributed by atoms with Crippen molar-refractivity contribution in [3.63, 3.8) is 0 Å². The monoisotopic (exact) mass is 226 g/mol. The number of fused-ring (bicyclic) bond motifs is 2. The Labute approximate surface area is 95.9 Å². The number of carbonyl (C=O) groups excluding carboxylic acids is 3. The molecule has 17 heavy (non-hydrogen) atoms. The van der Waals surface area contributed by atoms with Crippen molar-refractivity contribution in [3.05, 3.63) is 58.5 Å². The molecule has 2 aromatic rings. The molecule has 1 heterocycles. The van der Waals surface area contributed by atoms with E-state index < -0.39 is 0 Å². The molecule has 1 aliphatic carbocycles. The van der Waals surface area contributed by atoms with Gasteiger partial charge in [-0.3, -0.25) is 14.4 Å². The molecule has 1 aromatic heterocycles. The third kappa shape index (κ3) is 1.21. The van der Waals surface area contributed by atoms with Gasteiger partial charge in [0.2, 0.25) is 5.78 Å². The Morgan fingerprint density at radius 1 is 0.941 bits per heavy atom. The van der Waals surface area contributed by atoms with Crippen molar-refractivity contribution in [3.8, 4) is 0 Å². The molecular formula is C13H6O4. The van der Waals surface area contributed by atoms with Crippen LogP contribution in [0.1, 0.15) is 42.6 Å². The zero-order valence-electron chi connectivity index (χ0n) is 8.60. The Hall–Kier alpha value is -2.49. The van der Waals surface area contributed by atoms with Crippen molar-refractivity contribution in [2.24, 2.45) is 0 Å². The SMILES string of the molecule is O=Cc1cc2c(o1)C(=O)c1ccccc1C2=O. The topological polar surface area (TPSA) is 64.3 Å². The van der Waals surface area contributed by atoms with Crippen molar-refractivity contribution in [1.82, 2.24) is 0 Å². The van der Waals surface area contributed by atoms with Gasteiger partial charge in [-0.15, -0.1) is 0 Å². The predicted molar refractivity (Wildman–Crippen MR) is 57.4 cm³/mol. The molecule has 1 aliphatic rings. The molecule has 0 fully saturated rings. The smallest absolute Gasteiger partial charge is 0.229 e. The summed E-state index contributed by atoms with van der Waals surface area (Å²) in [5, 5.41) is 0. The van der Waals surface area contributed by atoms with Gasteiger partial charge >= 0.3 is 0 Å². The first kappa shape index (κ1) is 9.72. The second kappa shape index (κ2) is 3.25. The summed E-state index contributed by atoms with van der Waals surface area (Å²) in [5.74, 6) is -0.698. The minimum Gasteiger partial charge on any atom is -0.449 e. The van der Waals surface area contributed by atoms with E-state index in [0.29, 0.717) is 17.4 Å². The maximum Gasteiger partial charge on any atom is 0.229 e. The molecule has 1 aromatic carbocycles. The third-order valence-corrected chi connectivity index (χ3v) is 2.73. The highest BCUT2D eigenvalue weighted by Crippen LogP contribution is 2.28. The van der Waals surface area contributed by atoms with E-state index in [1.54, 1.807) is 24.3 Å². The summed E-state index contributed by atoms with van der Waals surface area (Å²) in [6, 6.07) is 7.83. The Morgan fingerprint density at radius 2 is 1.59 bits per heavy atom. The lowest BCUT2D eigenvalue weighted by atomic mass is 9.89. The van der Waals surface area contributed by atoms with Crippen LogP contribution in [-0.2, 0) is 0 Å². The normalized spacial score (nSPS) is 13.2. The van der Waals surface area contributed by atoms with E-state index in [1.807, 2.05) is 0 Å². The number of benzene rings is 1. The Bertz CT molecular complexity index is 611. The van der Waals surface area contributed by atoms with Gasteiger partial charge in [0.15, 0.2) is 23.6 Å². The summed E-state index contributed by atoms with van der Waals surface area (Å²) < 4.78 is 5.06. The fraction of sp³-hybridized carbons (Fsp3) is 0. The summed E-state index contributed by atoms with van der Waals surface area (Å²) in [6.07, 6.45) is 0.476. The van der Waals surface area contributed by atoms with Gasteiger partial charge in [0.1, 0.15) is 0 Å². The summed E-state index contributed by atoms with van der Waals surface area (Å²) in [4.78, 5) is 34.7. The van der Waals surface area contributed by atoms with Gasteiger partial charge < -0.3 is 4.42 Å². The number of hydrogen-bond acceptors (Lipinski definition) is 4. The van der Waals surface area contributed by atoms with Crippen molar-refractivity contribution >= 4 is 17.9 Å². The van der Waals surface area contributed by atoms with Gasteiger partial charge in [-0.1, -0.05) is 24.3 Å². The lowest BCUT2D eigenvalue weighted by Crippen LogP contribution is -2.18. The number of rotatable bonds is 1. The molecule has 0 bridgehead atoms. The van der Waals surface area contributed by atoms with E-state index in [1.165, 1.54) is 6.07 Å². The number of ketones is 2. The number of aldehydes is 1. The number of hydrogen-bond donors (Lipinski definition) is 0. The van der Waals surface area contributed by atoms with Crippen molar-refractivity contribution in [2.45, 2.75) is 0 Å². The van der Waals surface area contributed by atoms with E-state index in [0.717, 1.165) is 0 Å². The van der Waals surface area contributed by atoms with Crippen molar-refractivity contribution < 1.29 is 18.8 Å². The lowest BCUT2D eigenvalue weighted by molar-refractivity contribution is 0.0957. The molecule has 0 amide bonds. The van der Waals surface area contributed by atoms with Gasteiger partial charge in [0.05, 0.1) is 5.56 Å². The molecular weight excluding hydrogens is 220 g/mol. The molecule has 0 aliphatic heterocycles. The first-order valence-electron chi connectivity index (χ1n) is 5.00. The maximum atomic E-state index is 12.1. The highest BCUT2D eigenvalue weighted by molar-refractivity contribution is 6.27. The fourth-order valence-electron chi connectivity index (χ4n) is 1.95. The van der Waals surface area contributed by atoms with Crippen LogP contribution in [-0.4, -0.2) is 17.9 Å². The van der Waals surface area contributed by atoms with Crippen molar-refractivity contribution in [1.29, 1.82) is 0 Å². The molecule has 0 saturated heterocycles. The molecule has 0 N–H and O–H groups in total. The quantitative estimate of drug-likeness (QED) is 0.594. The van der Waals surface area contributed by atoms with Gasteiger partial charge in [-0.05, 0) is 6.07 Å². The third-order valence-electron chi connectivity index (χ3n) is 2.73. The molecule has 0 spiro atoms. The highest BCUT2D eigenvalue weighted by Gasteiger charge is 2.33. The molecule has 82 valence electrons. The van der Waals surface area contributed by atoms with Crippen LogP contribution in [0.5, 0.6) is 0 Å². The van der Waals surface area contributed by atoms with Crippen LogP contribution in [0.25, 0.3) is 0 Å². The zero-order chi connectivity index (χ0) is 12.0. The minimum absolute atomic E-state index is 0.00972. The van der Waals surface area contributed by atoms with E-state index in [4.69, 9.17) is 4.42 Å². The first-order chi connectivity index (χ1) is 8.22. The summed E-state index contributed by atoms with van der Waals surface area (Å²) >= 11 is 0. The number of carbonyl (C=O) groups is 3. The minimum atomic E-state index is -0.358. The van der Waals surface area contributed by atoms with Crippen LogP contribution in [0.3, 0.4) is 0 Å². The molecule has 4 nitrogen and oxygen atoms in total. The summed E-state index contributed by atoms with van der Waals surface area (Å²) in [7, 11) is 0. The summed E-state index contributed by atoms with van der Waals surface area (Å²) in [6.45, 7) is 0. The first-order valence-corrected chi connectivity index (χ1v) is 5.00. The van der Waals surface area contributed by atoms with Gasteiger partial charge in [0, 0.05) is 11.1 Å². The highest BCUT2D eigenvalue weighted by atomic mass is 16.4. The van der Waals surface area contributed by atoms with Gasteiger partial charge in [0.25, 0.3) is 0 Å². The van der Waals surface area contributed by atoms with Gasteiger partial charge in [-0.2, -0.15) is 0 Å².